The third kappa shape index (κ3) is 4.13. The van der Waals surface area contributed by atoms with Crippen molar-refractivity contribution in [2.75, 3.05) is 0 Å². The maximum Gasteiger partial charge on any atom is 0.241 e. The van der Waals surface area contributed by atoms with E-state index < -0.39 is 10.0 Å². The highest BCUT2D eigenvalue weighted by atomic mass is 32.2. The van der Waals surface area contributed by atoms with Gasteiger partial charge in [0.15, 0.2) is 0 Å². The summed E-state index contributed by atoms with van der Waals surface area (Å²) in [5, 5.41) is 0. The molecule has 2 aliphatic carbocycles. The number of imide groups is 1. The third-order valence-electron chi connectivity index (χ3n) is 7.48. The van der Waals surface area contributed by atoms with Gasteiger partial charge >= 0.3 is 0 Å². The Morgan fingerprint density at radius 2 is 1.64 bits per heavy atom. The average Bonchev–Trinajstić information content (AvgIpc) is 3.05. The van der Waals surface area contributed by atoms with Gasteiger partial charge in [-0.3, -0.25) is 14.5 Å². The van der Waals surface area contributed by atoms with Crippen LogP contribution in [0.15, 0.2) is 47.4 Å². The summed E-state index contributed by atoms with van der Waals surface area (Å²) in [6, 6.07) is 12.9. The molecule has 7 heteroatoms. The third-order valence-corrected chi connectivity index (χ3v) is 9.10. The average molecular weight is 467 g/mol. The fourth-order valence-corrected chi connectivity index (χ4v) is 7.27. The summed E-state index contributed by atoms with van der Waals surface area (Å²) in [4.78, 5) is 27.3. The predicted molar refractivity (Wildman–Crippen MR) is 125 cm³/mol. The number of fused-ring (bicyclic) bond motifs is 2. The number of benzene rings is 2. The maximum absolute atomic E-state index is 13.4. The second-order valence-corrected chi connectivity index (χ2v) is 11.3. The first-order chi connectivity index (χ1) is 15.8. The van der Waals surface area contributed by atoms with E-state index in [0.717, 1.165) is 50.5 Å². The highest BCUT2D eigenvalue weighted by molar-refractivity contribution is 7.89. The topological polar surface area (TPSA) is 83.6 Å². The van der Waals surface area contributed by atoms with Gasteiger partial charge in [0.25, 0.3) is 0 Å². The molecule has 0 spiro atoms. The minimum atomic E-state index is -3.78. The van der Waals surface area contributed by atoms with Crippen molar-refractivity contribution >= 4 is 21.8 Å². The predicted octanol–water partition coefficient (Wildman–Crippen LogP) is 4.03. The van der Waals surface area contributed by atoms with Gasteiger partial charge in [-0.05, 0) is 67.3 Å². The van der Waals surface area contributed by atoms with Crippen LogP contribution in [0.3, 0.4) is 0 Å². The molecule has 0 radical (unpaired) electrons. The van der Waals surface area contributed by atoms with Crippen LogP contribution in [0.4, 0.5) is 0 Å². The lowest BCUT2D eigenvalue weighted by atomic mass is 9.81. The molecule has 2 aromatic carbocycles. The van der Waals surface area contributed by atoms with Crippen molar-refractivity contribution in [3.05, 3.63) is 64.7 Å². The zero-order chi connectivity index (χ0) is 23.2. The summed E-state index contributed by atoms with van der Waals surface area (Å²) >= 11 is 0. The van der Waals surface area contributed by atoms with Crippen LogP contribution in [0.25, 0.3) is 0 Å². The number of carbonyl (C=O) groups excluding carboxylic acids is 2. The van der Waals surface area contributed by atoms with Crippen molar-refractivity contribution < 1.29 is 18.0 Å². The molecule has 33 heavy (non-hydrogen) atoms. The number of amides is 2. The van der Waals surface area contributed by atoms with Gasteiger partial charge in [-0.2, -0.15) is 0 Å². The van der Waals surface area contributed by atoms with Crippen LogP contribution in [0.2, 0.25) is 0 Å². The molecule has 3 aliphatic rings. The number of hydrogen-bond donors (Lipinski definition) is 1. The number of hydrogen-bond acceptors (Lipinski definition) is 4. The standard InChI is InChI=1S/C26H30N2O4S/c1-17-13-14-18(16-28-25(29)21-10-4-5-11-22(21)26(28)30)15-24(17)33(31,32)27-23-12-6-8-19-7-2-3-9-20(19)23/h2-3,7,9,13-15,21-23,27H,4-6,8,10-12,16H2,1H3/t21-,22-,23-/m1/s1. The lowest BCUT2D eigenvalue weighted by Crippen LogP contribution is -2.32. The van der Waals surface area contributed by atoms with E-state index in [1.54, 1.807) is 19.1 Å². The van der Waals surface area contributed by atoms with Crippen LogP contribution in [0.5, 0.6) is 0 Å². The second kappa shape index (κ2) is 8.69. The molecule has 1 N–H and O–H groups in total. The lowest BCUT2D eigenvalue weighted by Gasteiger charge is -2.26. The first-order valence-electron chi connectivity index (χ1n) is 11.9. The number of sulfonamides is 1. The Labute approximate surface area is 195 Å². The Bertz CT molecular complexity index is 1180. The summed E-state index contributed by atoms with van der Waals surface area (Å²) < 4.78 is 29.7. The van der Waals surface area contributed by atoms with E-state index in [4.69, 9.17) is 0 Å². The lowest BCUT2D eigenvalue weighted by molar-refractivity contribution is -0.140. The number of carbonyl (C=O) groups is 2. The normalized spacial score (nSPS) is 25.1. The summed E-state index contributed by atoms with van der Waals surface area (Å²) in [5.41, 5.74) is 3.53. The smallest absolute Gasteiger partial charge is 0.241 e. The van der Waals surface area contributed by atoms with Crippen molar-refractivity contribution in [2.45, 2.75) is 69.4 Å². The monoisotopic (exact) mass is 466 g/mol. The highest BCUT2D eigenvalue weighted by Crippen LogP contribution is 2.39. The molecule has 3 atom stereocenters. The number of likely N-dealkylation sites (tertiary alicyclic amines) is 1. The largest absolute Gasteiger partial charge is 0.278 e. The number of rotatable bonds is 5. The van der Waals surface area contributed by atoms with E-state index in [1.807, 2.05) is 24.3 Å². The van der Waals surface area contributed by atoms with Gasteiger partial charge in [-0.15, -0.1) is 0 Å². The van der Waals surface area contributed by atoms with Crippen molar-refractivity contribution in [2.24, 2.45) is 11.8 Å². The molecule has 1 saturated heterocycles. The van der Waals surface area contributed by atoms with Crippen LogP contribution in [-0.4, -0.2) is 25.1 Å². The molecule has 1 aliphatic heterocycles. The summed E-state index contributed by atoms with van der Waals surface area (Å²) in [5.74, 6) is -0.612. The molecule has 0 unspecified atom stereocenters. The number of nitrogens with zero attached hydrogens (tertiary/aromatic N) is 1. The van der Waals surface area contributed by atoms with Gasteiger partial charge in [0.2, 0.25) is 21.8 Å². The number of aryl methyl sites for hydroxylation is 2. The fraction of sp³-hybridized carbons (Fsp3) is 0.462. The molecule has 2 aromatic rings. The Hall–Kier alpha value is -2.51. The molecule has 1 saturated carbocycles. The maximum atomic E-state index is 13.4. The molecule has 2 fully saturated rings. The van der Waals surface area contributed by atoms with Gasteiger partial charge in [-0.25, -0.2) is 13.1 Å². The Kier molecular flexibility index (Phi) is 5.87. The summed E-state index contributed by atoms with van der Waals surface area (Å²) in [7, 11) is -3.78. The Morgan fingerprint density at radius 3 is 2.36 bits per heavy atom. The van der Waals surface area contributed by atoms with Gasteiger partial charge in [-0.1, -0.05) is 49.2 Å². The first kappa shape index (κ1) is 22.3. The van der Waals surface area contributed by atoms with E-state index in [0.29, 0.717) is 11.1 Å². The minimum Gasteiger partial charge on any atom is -0.278 e. The quantitative estimate of drug-likeness (QED) is 0.675. The SMILES string of the molecule is Cc1ccc(CN2C(=O)[C@@H]3CCCC[C@H]3C2=O)cc1S(=O)(=O)N[C@@H]1CCCc2ccccc21. The van der Waals surface area contributed by atoms with Crippen molar-refractivity contribution in [1.29, 1.82) is 0 Å². The van der Waals surface area contributed by atoms with E-state index in [9.17, 15) is 18.0 Å². The van der Waals surface area contributed by atoms with Gasteiger partial charge < -0.3 is 0 Å². The van der Waals surface area contributed by atoms with Crippen LogP contribution in [0.1, 0.15) is 66.8 Å². The van der Waals surface area contributed by atoms with E-state index in [2.05, 4.69) is 10.8 Å². The van der Waals surface area contributed by atoms with Crippen molar-refractivity contribution in [3.8, 4) is 0 Å². The van der Waals surface area contributed by atoms with Gasteiger partial charge in [0.1, 0.15) is 0 Å². The van der Waals surface area contributed by atoms with Crippen LogP contribution in [0, 0.1) is 18.8 Å². The van der Waals surface area contributed by atoms with Crippen LogP contribution < -0.4 is 4.72 Å². The zero-order valence-corrected chi connectivity index (χ0v) is 19.7. The fourth-order valence-electron chi connectivity index (χ4n) is 5.73. The van der Waals surface area contributed by atoms with Gasteiger partial charge in [0.05, 0.1) is 23.3 Å². The minimum absolute atomic E-state index is 0.105. The highest BCUT2D eigenvalue weighted by Gasteiger charge is 2.47. The molecular weight excluding hydrogens is 436 g/mol. The van der Waals surface area contributed by atoms with Crippen LogP contribution >= 0.6 is 0 Å². The number of nitrogens with one attached hydrogen (secondary N) is 1. The Balaban J connectivity index is 1.39. The molecule has 174 valence electrons. The van der Waals surface area contributed by atoms with Crippen molar-refractivity contribution in [3.63, 3.8) is 0 Å². The van der Waals surface area contributed by atoms with Crippen LogP contribution in [-0.2, 0) is 32.6 Å². The first-order valence-corrected chi connectivity index (χ1v) is 13.4. The van der Waals surface area contributed by atoms with Gasteiger partial charge in [0, 0.05) is 6.04 Å². The molecular formula is C26H30N2O4S. The molecule has 1 heterocycles. The van der Waals surface area contributed by atoms with E-state index >= 15 is 0 Å². The molecule has 5 rings (SSSR count). The molecule has 0 bridgehead atoms. The zero-order valence-electron chi connectivity index (χ0n) is 18.9. The summed E-state index contributed by atoms with van der Waals surface area (Å²) in [6.45, 7) is 1.90. The second-order valence-electron chi connectivity index (χ2n) is 9.62. The summed E-state index contributed by atoms with van der Waals surface area (Å²) in [6.07, 6.45) is 6.16. The molecule has 2 amide bonds. The van der Waals surface area contributed by atoms with Crippen molar-refractivity contribution in [1.82, 2.24) is 9.62 Å². The van der Waals surface area contributed by atoms with E-state index in [1.165, 1.54) is 10.5 Å². The molecule has 6 nitrogen and oxygen atoms in total. The Morgan fingerprint density at radius 1 is 0.939 bits per heavy atom. The van der Waals surface area contributed by atoms with E-state index in [-0.39, 0.29) is 41.1 Å². The molecule has 0 aromatic heterocycles.